The van der Waals surface area contributed by atoms with Gasteiger partial charge in [-0.2, -0.15) is 10.2 Å². The largest absolute Gasteiger partial charge is 0.493 e. The molecule has 0 unspecified atom stereocenters. The molecule has 0 aliphatic heterocycles. The van der Waals surface area contributed by atoms with Crippen molar-refractivity contribution in [1.29, 1.82) is 0 Å². The molecule has 2 fully saturated rings. The molecule has 0 bridgehead atoms. The van der Waals surface area contributed by atoms with Crippen LogP contribution in [0.1, 0.15) is 60.3 Å². The molecule has 0 N–H and O–H groups in total. The lowest BCUT2D eigenvalue weighted by atomic mass is 10.2. The van der Waals surface area contributed by atoms with E-state index in [4.69, 9.17) is 9.47 Å². The van der Waals surface area contributed by atoms with Gasteiger partial charge in [0.2, 0.25) is 0 Å². The van der Waals surface area contributed by atoms with E-state index in [-0.39, 0.29) is 11.8 Å². The van der Waals surface area contributed by atoms with Gasteiger partial charge in [-0.15, -0.1) is 0 Å². The second-order valence-corrected chi connectivity index (χ2v) is 12.9. The maximum absolute atomic E-state index is 11.3. The van der Waals surface area contributed by atoms with Crippen LogP contribution in [0.4, 0.5) is 0 Å². The number of hydrogen-bond donors (Lipinski definition) is 0. The molecule has 12 heteroatoms. The van der Waals surface area contributed by atoms with E-state index in [0.29, 0.717) is 11.8 Å². The van der Waals surface area contributed by atoms with Crippen molar-refractivity contribution in [3.63, 3.8) is 0 Å². The van der Waals surface area contributed by atoms with Gasteiger partial charge in [-0.05, 0) is 39.5 Å². The molecule has 10 nitrogen and oxygen atoms in total. The Kier molecular flexibility index (Phi) is 6.94. The molecule has 2 saturated carbocycles. The monoisotopic (exact) mass is 488 g/mol. The van der Waals surface area contributed by atoms with Gasteiger partial charge in [0, 0.05) is 24.3 Å². The highest BCUT2D eigenvalue weighted by Crippen LogP contribution is 2.45. The fraction of sp³-hybridized carbons (Fsp3) is 0.700. The van der Waals surface area contributed by atoms with Gasteiger partial charge in [0.05, 0.1) is 25.6 Å². The molecule has 0 atom stereocenters. The Hall–Kier alpha value is -2.08. The molecule has 32 heavy (non-hydrogen) atoms. The minimum atomic E-state index is -3.07. The number of ether oxygens (including phenoxy) is 2. The lowest BCUT2D eigenvalue weighted by Crippen LogP contribution is -2.12. The quantitative estimate of drug-likeness (QED) is 0.554. The highest BCUT2D eigenvalue weighted by atomic mass is 32.2. The topological polar surface area (TPSA) is 122 Å². The molecular weight excluding hydrogens is 456 g/mol. The Balaban J connectivity index is 0.000000181. The lowest BCUT2D eigenvalue weighted by Gasteiger charge is -2.06. The van der Waals surface area contributed by atoms with Crippen LogP contribution in [0.3, 0.4) is 0 Å². The molecule has 4 rings (SSSR count). The van der Waals surface area contributed by atoms with E-state index in [1.54, 1.807) is 18.9 Å². The first-order valence-electron chi connectivity index (χ1n) is 10.4. The highest BCUT2D eigenvalue weighted by molar-refractivity contribution is 7.89. The summed E-state index contributed by atoms with van der Waals surface area (Å²) in [5, 5.41) is 8.58. The number of aromatic nitrogens is 4. The van der Waals surface area contributed by atoms with Gasteiger partial charge >= 0.3 is 0 Å². The third-order valence-electron chi connectivity index (χ3n) is 5.34. The third kappa shape index (κ3) is 6.03. The Morgan fingerprint density at radius 1 is 0.812 bits per heavy atom. The average Bonchev–Trinajstić information content (AvgIpc) is 3.57. The number of sulfone groups is 2. The van der Waals surface area contributed by atoms with Crippen molar-refractivity contribution < 1.29 is 26.3 Å². The second-order valence-electron chi connectivity index (χ2n) is 8.67. The summed E-state index contributed by atoms with van der Waals surface area (Å²) < 4.78 is 58.8. The summed E-state index contributed by atoms with van der Waals surface area (Å²) >= 11 is 0. The fourth-order valence-corrected chi connectivity index (χ4v) is 5.02. The molecule has 0 amide bonds. The molecule has 0 aromatic carbocycles. The predicted molar refractivity (Wildman–Crippen MR) is 121 cm³/mol. The van der Waals surface area contributed by atoms with Crippen molar-refractivity contribution in [3.8, 4) is 11.5 Å². The van der Waals surface area contributed by atoms with Crippen molar-refractivity contribution in [2.75, 3.05) is 26.7 Å². The van der Waals surface area contributed by atoms with Gasteiger partial charge in [0.25, 0.3) is 0 Å². The fourth-order valence-electron chi connectivity index (χ4n) is 3.69. The van der Waals surface area contributed by atoms with Crippen molar-refractivity contribution >= 4 is 19.7 Å². The summed E-state index contributed by atoms with van der Waals surface area (Å²) in [6, 6.07) is 0. The van der Waals surface area contributed by atoms with E-state index >= 15 is 0 Å². The van der Waals surface area contributed by atoms with Crippen LogP contribution < -0.4 is 9.47 Å². The first-order chi connectivity index (χ1) is 14.8. The van der Waals surface area contributed by atoms with Crippen LogP contribution in [0, 0.1) is 13.8 Å². The second kappa shape index (κ2) is 9.05. The smallest absolute Gasteiger partial charge is 0.167 e. The van der Waals surface area contributed by atoms with Crippen LogP contribution in [-0.2, 0) is 31.4 Å². The molecule has 2 aliphatic rings. The lowest BCUT2D eigenvalue weighted by molar-refractivity contribution is 0.405. The van der Waals surface area contributed by atoms with E-state index < -0.39 is 19.7 Å². The Labute approximate surface area is 189 Å². The molecule has 180 valence electrons. The zero-order valence-corrected chi connectivity index (χ0v) is 21.1. The third-order valence-corrected chi connectivity index (χ3v) is 6.76. The molecule has 2 heterocycles. The van der Waals surface area contributed by atoms with Crippen molar-refractivity contribution in [3.05, 3.63) is 22.8 Å². The number of rotatable bonds is 8. The summed E-state index contributed by atoms with van der Waals surface area (Å²) in [7, 11) is -2.95. The molecule has 0 radical (unpaired) electrons. The maximum Gasteiger partial charge on any atom is 0.167 e. The van der Waals surface area contributed by atoms with Crippen molar-refractivity contribution in [2.24, 2.45) is 0 Å². The van der Waals surface area contributed by atoms with Gasteiger partial charge in [-0.25, -0.2) is 16.8 Å². The van der Waals surface area contributed by atoms with E-state index in [9.17, 15) is 16.8 Å². The summed E-state index contributed by atoms with van der Waals surface area (Å²) in [4.78, 5) is 0. The van der Waals surface area contributed by atoms with Gasteiger partial charge in [-0.3, -0.25) is 9.36 Å². The SMILES string of the molecule is COc1c(C)nn(CS(C)(=O)=O)c1C1CC1.COc1c(C2CC2)nn(CS(C)(=O)=O)c1C. The Bertz CT molecular complexity index is 1190. The summed E-state index contributed by atoms with van der Waals surface area (Å²) in [6.45, 7) is 3.67. The summed E-state index contributed by atoms with van der Waals surface area (Å²) in [6.07, 6.45) is 6.83. The molecule has 0 saturated heterocycles. The van der Waals surface area contributed by atoms with Crippen LogP contribution in [-0.4, -0.2) is 63.1 Å². The molecule has 2 aliphatic carbocycles. The van der Waals surface area contributed by atoms with Crippen molar-refractivity contribution in [1.82, 2.24) is 19.6 Å². The van der Waals surface area contributed by atoms with E-state index in [1.165, 1.54) is 17.2 Å². The number of nitrogens with zero attached hydrogens (tertiary/aromatic N) is 4. The summed E-state index contributed by atoms with van der Waals surface area (Å²) in [5.41, 5.74) is 3.39. The van der Waals surface area contributed by atoms with E-state index in [0.717, 1.165) is 60.0 Å². The zero-order valence-electron chi connectivity index (χ0n) is 19.5. The van der Waals surface area contributed by atoms with E-state index in [1.807, 2.05) is 13.8 Å². The van der Waals surface area contributed by atoms with Gasteiger partial charge < -0.3 is 9.47 Å². The molecule has 0 spiro atoms. The standard InChI is InChI=1S/2C10H16N2O3S/c1-7-10(15-2)9(8-4-5-8)11-12(7)6-16(3,13)14;1-7-10(15-2)9(8-4-5-8)12(11-7)6-16(3,13)14/h2*8H,4-6H2,1-3H3. The van der Waals surface area contributed by atoms with Crippen LogP contribution in [0.5, 0.6) is 11.5 Å². The van der Waals surface area contributed by atoms with Gasteiger partial charge in [0.15, 0.2) is 31.2 Å². The predicted octanol–water partition coefficient (Wildman–Crippen LogP) is 2.16. The van der Waals surface area contributed by atoms with Crippen LogP contribution in [0.2, 0.25) is 0 Å². The minimum Gasteiger partial charge on any atom is -0.493 e. The summed E-state index contributed by atoms with van der Waals surface area (Å²) in [5.74, 6) is 2.20. The van der Waals surface area contributed by atoms with Crippen LogP contribution >= 0.6 is 0 Å². The van der Waals surface area contributed by atoms with Crippen LogP contribution in [0.15, 0.2) is 0 Å². The first-order valence-corrected chi connectivity index (χ1v) is 14.5. The molecule has 2 aromatic heterocycles. The Morgan fingerprint density at radius 3 is 1.75 bits per heavy atom. The zero-order chi connectivity index (χ0) is 23.8. The minimum absolute atomic E-state index is 0.0664. The number of hydrogen-bond acceptors (Lipinski definition) is 8. The number of aryl methyl sites for hydroxylation is 1. The van der Waals surface area contributed by atoms with Gasteiger partial charge in [0.1, 0.15) is 23.1 Å². The molecular formula is C20H32N4O6S2. The van der Waals surface area contributed by atoms with Crippen LogP contribution in [0.25, 0.3) is 0 Å². The normalized spacial score (nSPS) is 16.4. The molecule has 2 aromatic rings. The van der Waals surface area contributed by atoms with Crippen molar-refractivity contribution in [2.45, 2.75) is 63.1 Å². The highest BCUT2D eigenvalue weighted by Gasteiger charge is 2.33. The Morgan fingerprint density at radius 2 is 1.31 bits per heavy atom. The first kappa shape index (κ1) is 24.6. The number of methoxy groups -OCH3 is 2. The van der Waals surface area contributed by atoms with E-state index in [2.05, 4.69) is 10.2 Å². The maximum atomic E-state index is 11.3. The average molecular weight is 489 g/mol. The van der Waals surface area contributed by atoms with Gasteiger partial charge in [-0.1, -0.05) is 0 Å².